The number of hydrogen-bond acceptors (Lipinski definition) is 4. The minimum absolute atomic E-state index is 0.0515. The number of fused-ring (bicyclic) bond motifs is 1. The van der Waals surface area contributed by atoms with Gasteiger partial charge in [0.05, 0.1) is 17.1 Å². The van der Waals surface area contributed by atoms with E-state index in [9.17, 15) is 9.59 Å². The molecule has 1 aromatic carbocycles. The molecule has 3 aromatic rings. The predicted octanol–water partition coefficient (Wildman–Crippen LogP) is 3.59. The lowest BCUT2D eigenvalue weighted by molar-refractivity contribution is -0.136. The Morgan fingerprint density at radius 3 is 2.74 bits per heavy atom. The highest BCUT2D eigenvalue weighted by Gasteiger charge is 2.17. The highest BCUT2D eigenvalue weighted by atomic mass is 16.4. The molecular weight excluding hydrogens is 344 g/mol. The summed E-state index contributed by atoms with van der Waals surface area (Å²) >= 11 is 0. The quantitative estimate of drug-likeness (QED) is 0.695. The maximum Gasteiger partial charge on any atom is 0.303 e. The summed E-state index contributed by atoms with van der Waals surface area (Å²) in [6.07, 6.45) is 2.13. The Kier molecular flexibility index (Phi) is 5.21. The average Bonchev–Trinajstić information content (AvgIpc) is 3.03. The molecule has 0 atom stereocenters. The van der Waals surface area contributed by atoms with Crippen molar-refractivity contribution >= 4 is 28.6 Å². The number of pyridine rings is 1. The number of carboxylic acids is 1. The molecule has 0 saturated heterocycles. The molecule has 140 valence electrons. The number of carbonyl (C=O) groups excluding carboxylic acids is 1. The fraction of sp³-hybridized carbons (Fsp3) is 0.300. The summed E-state index contributed by atoms with van der Waals surface area (Å²) in [6, 6.07) is 9.11. The Hall–Kier alpha value is -3.22. The van der Waals surface area contributed by atoms with Gasteiger partial charge in [0.1, 0.15) is 0 Å². The normalized spacial score (nSPS) is 11.1. The number of anilines is 1. The average molecular weight is 366 g/mol. The number of benzene rings is 1. The second-order valence-electron chi connectivity index (χ2n) is 6.78. The molecule has 1 amide bonds. The zero-order valence-electron chi connectivity index (χ0n) is 15.6. The van der Waals surface area contributed by atoms with Crippen molar-refractivity contribution < 1.29 is 14.7 Å². The first kappa shape index (κ1) is 18.6. The molecule has 0 fully saturated rings. The standard InChI is InChI=1S/C20H22N4O3/c1-12(2)24-19-17(11-21-24)16(9-13(3)22-19)20(27)23-15-6-4-5-14(10-15)7-8-18(25)26/h4-6,9-12H,7-8H2,1-3H3,(H,23,27)(H,25,26). The van der Waals surface area contributed by atoms with Gasteiger partial charge >= 0.3 is 5.97 Å². The van der Waals surface area contributed by atoms with Gasteiger partial charge in [-0.2, -0.15) is 5.10 Å². The van der Waals surface area contributed by atoms with Crippen LogP contribution in [0.1, 0.15) is 47.9 Å². The lowest BCUT2D eigenvalue weighted by Gasteiger charge is -2.10. The summed E-state index contributed by atoms with van der Waals surface area (Å²) in [6.45, 7) is 5.87. The zero-order chi connectivity index (χ0) is 19.6. The summed E-state index contributed by atoms with van der Waals surface area (Å²) in [5.74, 6) is -1.09. The van der Waals surface area contributed by atoms with Crippen molar-refractivity contribution in [2.24, 2.45) is 0 Å². The van der Waals surface area contributed by atoms with Crippen LogP contribution in [0.2, 0.25) is 0 Å². The number of carboxylic acid groups (broad SMARTS) is 1. The van der Waals surface area contributed by atoms with Gasteiger partial charge in [0.15, 0.2) is 5.65 Å². The number of nitrogens with one attached hydrogen (secondary N) is 1. The monoisotopic (exact) mass is 366 g/mol. The van der Waals surface area contributed by atoms with Crippen LogP contribution in [0.15, 0.2) is 36.5 Å². The van der Waals surface area contributed by atoms with Crippen LogP contribution in [0.3, 0.4) is 0 Å². The van der Waals surface area contributed by atoms with Crippen LogP contribution in [0.4, 0.5) is 5.69 Å². The van der Waals surface area contributed by atoms with Crippen molar-refractivity contribution in [3.05, 3.63) is 53.3 Å². The maximum atomic E-state index is 12.9. The second kappa shape index (κ2) is 7.57. The van der Waals surface area contributed by atoms with Gasteiger partial charge in [-0.15, -0.1) is 0 Å². The van der Waals surface area contributed by atoms with Crippen LogP contribution in [-0.4, -0.2) is 31.7 Å². The number of carbonyl (C=O) groups is 2. The van der Waals surface area contributed by atoms with Crippen molar-refractivity contribution in [2.45, 2.75) is 39.7 Å². The van der Waals surface area contributed by atoms with Crippen LogP contribution in [0.5, 0.6) is 0 Å². The Morgan fingerprint density at radius 1 is 1.26 bits per heavy atom. The molecular formula is C20H22N4O3. The van der Waals surface area contributed by atoms with E-state index in [2.05, 4.69) is 15.4 Å². The molecule has 3 rings (SSSR count). The van der Waals surface area contributed by atoms with E-state index in [4.69, 9.17) is 5.11 Å². The molecule has 0 saturated carbocycles. The van der Waals surface area contributed by atoms with Crippen molar-refractivity contribution in [1.82, 2.24) is 14.8 Å². The van der Waals surface area contributed by atoms with Crippen LogP contribution in [-0.2, 0) is 11.2 Å². The van der Waals surface area contributed by atoms with E-state index in [-0.39, 0.29) is 18.4 Å². The third-order valence-electron chi connectivity index (χ3n) is 4.24. The van der Waals surface area contributed by atoms with E-state index in [0.717, 1.165) is 11.3 Å². The lowest BCUT2D eigenvalue weighted by atomic mass is 10.1. The molecule has 0 aliphatic heterocycles. The summed E-state index contributed by atoms with van der Waals surface area (Å²) < 4.78 is 1.80. The van der Waals surface area contributed by atoms with Crippen LogP contribution in [0.25, 0.3) is 11.0 Å². The molecule has 0 unspecified atom stereocenters. The van der Waals surface area contributed by atoms with E-state index >= 15 is 0 Å². The molecule has 2 heterocycles. The number of aromatic nitrogens is 3. The molecule has 7 nitrogen and oxygen atoms in total. The molecule has 0 aliphatic carbocycles. The van der Waals surface area contributed by atoms with E-state index in [1.54, 1.807) is 35.1 Å². The molecule has 0 bridgehead atoms. The van der Waals surface area contributed by atoms with Crippen molar-refractivity contribution in [3.8, 4) is 0 Å². The molecule has 0 radical (unpaired) electrons. The zero-order valence-corrected chi connectivity index (χ0v) is 15.6. The van der Waals surface area contributed by atoms with Gasteiger partial charge in [-0.3, -0.25) is 9.59 Å². The molecule has 27 heavy (non-hydrogen) atoms. The molecule has 0 spiro atoms. The Morgan fingerprint density at radius 2 is 2.04 bits per heavy atom. The SMILES string of the molecule is Cc1cc(C(=O)Nc2cccc(CCC(=O)O)c2)c2cnn(C(C)C)c2n1. The van der Waals surface area contributed by atoms with Crippen molar-refractivity contribution in [2.75, 3.05) is 5.32 Å². The van der Waals surface area contributed by atoms with Crippen molar-refractivity contribution in [3.63, 3.8) is 0 Å². The van der Waals surface area contributed by atoms with Gasteiger partial charge in [-0.25, -0.2) is 9.67 Å². The number of nitrogens with zero attached hydrogens (tertiary/aromatic N) is 3. The predicted molar refractivity (Wildman–Crippen MR) is 103 cm³/mol. The van der Waals surface area contributed by atoms with Gasteiger partial charge in [0, 0.05) is 23.8 Å². The minimum atomic E-state index is -0.846. The van der Waals surface area contributed by atoms with Gasteiger partial charge in [-0.05, 0) is 51.0 Å². The smallest absolute Gasteiger partial charge is 0.303 e. The highest BCUT2D eigenvalue weighted by molar-refractivity contribution is 6.12. The Labute approximate surface area is 157 Å². The van der Waals surface area contributed by atoms with Gasteiger partial charge in [0.25, 0.3) is 5.91 Å². The molecule has 2 N–H and O–H groups in total. The summed E-state index contributed by atoms with van der Waals surface area (Å²) in [5, 5.41) is 16.8. The first-order valence-corrected chi connectivity index (χ1v) is 8.82. The molecule has 7 heteroatoms. The van der Waals surface area contributed by atoms with Crippen LogP contribution >= 0.6 is 0 Å². The third kappa shape index (κ3) is 4.13. The van der Waals surface area contributed by atoms with Crippen molar-refractivity contribution in [1.29, 1.82) is 0 Å². The lowest BCUT2D eigenvalue weighted by Crippen LogP contribution is -2.13. The number of amides is 1. The summed E-state index contributed by atoms with van der Waals surface area (Å²) in [5.41, 5.74) is 3.43. The topological polar surface area (TPSA) is 97.1 Å². The van der Waals surface area contributed by atoms with E-state index < -0.39 is 5.97 Å². The largest absolute Gasteiger partial charge is 0.481 e. The number of rotatable bonds is 6. The first-order valence-electron chi connectivity index (χ1n) is 8.82. The molecule has 2 aromatic heterocycles. The third-order valence-corrected chi connectivity index (χ3v) is 4.24. The fourth-order valence-electron chi connectivity index (χ4n) is 2.96. The Bertz CT molecular complexity index is 1010. The number of aliphatic carboxylic acids is 1. The highest BCUT2D eigenvalue weighted by Crippen LogP contribution is 2.22. The number of aryl methyl sites for hydroxylation is 2. The van der Waals surface area contributed by atoms with Gasteiger partial charge in [-0.1, -0.05) is 12.1 Å². The van der Waals surface area contributed by atoms with E-state index in [0.29, 0.717) is 28.7 Å². The van der Waals surface area contributed by atoms with E-state index in [1.807, 2.05) is 26.8 Å². The summed E-state index contributed by atoms with van der Waals surface area (Å²) in [7, 11) is 0. The van der Waals surface area contributed by atoms with Gasteiger partial charge in [0.2, 0.25) is 0 Å². The summed E-state index contributed by atoms with van der Waals surface area (Å²) in [4.78, 5) is 28.1. The minimum Gasteiger partial charge on any atom is -0.481 e. The Balaban J connectivity index is 1.89. The van der Waals surface area contributed by atoms with Gasteiger partial charge < -0.3 is 10.4 Å². The maximum absolute atomic E-state index is 12.9. The fourth-order valence-corrected chi connectivity index (χ4v) is 2.96. The number of hydrogen-bond donors (Lipinski definition) is 2. The molecule has 0 aliphatic rings. The van der Waals surface area contributed by atoms with Crippen LogP contribution < -0.4 is 5.32 Å². The first-order chi connectivity index (χ1) is 12.8. The van der Waals surface area contributed by atoms with Crippen LogP contribution in [0, 0.1) is 6.92 Å². The second-order valence-corrected chi connectivity index (χ2v) is 6.78. The van der Waals surface area contributed by atoms with E-state index in [1.165, 1.54) is 0 Å².